The quantitative estimate of drug-likeness (QED) is 0.813. The molecule has 2 amide bonds. The number of benzene rings is 1. The van der Waals surface area contributed by atoms with Gasteiger partial charge in [0.2, 0.25) is 0 Å². The molecule has 0 aliphatic rings. The van der Waals surface area contributed by atoms with Crippen LogP contribution in [0.15, 0.2) is 18.2 Å². The largest absolute Gasteiger partial charge is 0.481 e. The standard InChI is InChI=1S/C17H26N2O3/c1-5-7-15(10-16(20)21)18-17(22)19(4)11-14-9-6-8-12(2)13(14)3/h6,8-9,15H,5,7,10-11H2,1-4H3,(H,18,22)(H,20,21)/t15-/m0/s1. The Kier molecular flexibility index (Phi) is 6.89. The van der Waals surface area contributed by atoms with Gasteiger partial charge < -0.3 is 15.3 Å². The molecule has 0 spiro atoms. The van der Waals surface area contributed by atoms with Gasteiger partial charge in [-0.25, -0.2) is 4.79 Å². The second kappa shape index (κ2) is 8.41. The third-order valence-corrected chi connectivity index (χ3v) is 3.86. The molecule has 0 heterocycles. The van der Waals surface area contributed by atoms with Gasteiger partial charge in [0.25, 0.3) is 0 Å². The first kappa shape index (κ1) is 18.0. The van der Waals surface area contributed by atoms with Crippen molar-refractivity contribution in [3.8, 4) is 0 Å². The molecule has 0 saturated carbocycles. The zero-order valence-electron chi connectivity index (χ0n) is 13.8. The fourth-order valence-electron chi connectivity index (χ4n) is 2.38. The van der Waals surface area contributed by atoms with Gasteiger partial charge in [0.1, 0.15) is 0 Å². The van der Waals surface area contributed by atoms with Gasteiger partial charge in [0.05, 0.1) is 6.42 Å². The van der Waals surface area contributed by atoms with Gasteiger partial charge in [-0.2, -0.15) is 0 Å². The molecule has 0 bridgehead atoms. The lowest BCUT2D eigenvalue weighted by Crippen LogP contribution is -2.43. The zero-order valence-corrected chi connectivity index (χ0v) is 13.8. The number of carbonyl (C=O) groups is 2. The first-order valence-electron chi connectivity index (χ1n) is 7.63. The summed E-state index contributed by atoms with van der Waals surface area (Å²) in [6, 6.07) is 5.47. The number of aryl methyl sites for hydroxylation is 1. The monoisotopic (exact) mass is 306 g/mol. The highest BCUT2D eigenvalue weighted by atomic mass is 16.4. The molecule has 0 aromatic heterocycles. The second-order valence-electron chi connectivity index (χ2n) is 5.75. The lowest BCUT2D eigenvalue weighted by atomic mass is 10.0. The Labute approximate surface area is 132 Å². The molecule has 1 atom stereocenters. The van der Waals surface area contributed by atoms with E-state index in [1.807, 2.05) is 39.0 Å². The molecule has 0 unspecified atom stereocenters. The van der Waals surface area contributed by atoms with E-state index in [-0.39, 0.29) is 18.5 Å². The van der Waals surface area contributed by atoms with Gasteiger partial charge in [0.15, 0.2) is 0 Å². The topological polar surface area (TPSA) is 69.6 Å². The van der Waals surface area contributed by atoms with E-state index in [9.17, 15) is 9.59 Å². The van der Waals surface area contributed by atoms with E-state index in [0.717, 1.165) is 12.0 Å². The van der Waals surface area contributed by atoms with Crippen molar-refractivity contribution in [3.05, 3.63) is 34.9 Å². The lowest BCUT2D eigenvalue weighted by Gasteiger charge is -2.23. The average molecular weight is 306 g/mol. The van der Waals surface area contributed by atoms with Gasteiger partial charge >= 0.3 is 12.0 Å². The summed E-state index contributed by atoms with van der Waals surface area (Å²) in [4.78, 5) is 24.7. The molecule has 5 nitrogen and oxygen atoms in total. The summed E-state index contributed by atoms with van der Waals surface area (Å²) >= 11 is 0. The highest BCUT2D eigenvalue weighted by Gasteiger charge is 2.18. The molecule has 0 aliphatic heterocycles. The fraction of sp³-hybridized carbons (Fsp3) is 0.529. The third-order valence-electron chi connectivity index (χ3n) is 3.86. The molecule has 1 aromatic carbocycles. The number of rotatable bonds is 7. The van der Waals surface area contributed by atoms with Crippen molar-refractivity contribution in [1.29, 1.82) is 0 Å². The van der Waals surface area contributed by atoms with Gasteiger partial charge in [0, 0.05) is 19.6 Å². The van der Waals surface area contributed by atoms with Crippen LogP contribution >= 0.6 is 0 Å². The van der Waals surface area contributed by atoms with Crippen LogP contribution in [-0.2, 0) is 11.3 Å². The van der Waals surface area contributed by atoms with Crippen LogP contribution < -0.4 is 5.32 Å². The average Bonchev–Trinajstić information content (AvgIpc) is 2.43. The van der Waals surface area contributed by atoms with Crippen LogP contribution in [0.1, 0.15) is 42.9 Å². The van der Waals surface area contributed by atoms with Crippen LogP contribution in [0.2, 0.25) is 0 Å². The van der Waals surface area contributed by atoms with E-state index in [4.69, 9.17) is 5.11 Å². The fourth-order valence-corrected chi connectivity index (χ4v) is 2.38. The van der Waals surface area contributed by atoms with E-state index in [0.29, 0.717) is 13.0 Å². The van der Waals surface area contributed by atoms with E-state index < -0.39 is 5.97 Å². The SMILES string of the molecule is CCC[C@@H](CC(=O)O)NC(=O)N(C)Cc1cccc(C)c1C. The third kappa shape index (κ3) is 5.39. The number of carboxylic acid groups (broad SMARTS) is 1. The summed E-state index contributed by atoms with van der Waals surface area (Å²) in [6.07, 6.45) is 1.45. The molecular formula is C17H26N2O3. The smallest absolute Gasteiger partial charge is 0.317 e. The Bertz CT molecular complexity index is 529. The van der Waals surface area contributed by atoms with Gasteiger partial charge in [-0.3, -0.25) is 4.79 Å². The normalized spacial score (nSPS) is 11.8. The molecule has 2 N–H and O–H groups in total. The summed E-state index contributed by atoms with van der Waals surface area (Å²) in [5, 5.41) is 11.7. The lowest BCUT2D eigenvalue weighted by molar-refractivity contribution is -0.137. The molecule has 1 aromatic rings. The maximum atomic E-state index is 12.2. The van der Waals surface area contributed by atoms with Crippen LogP contribution in [0.25, 0.3) is 0 Å². The Morgan fingerprint density at radius 3 is 2.59 bits per heavy atom. The van der Waals surface area contributed by atoms with E-state index in [1.165, 1.54) is 11.1 Å². The number of amides is 2. The number of carboxylic acids is 1. The number of urea groups is 1. The highest BCUT2D eigenvalue weighted by molar-refractivity contribution is 5.75. The minimum absolute atomic E-state index is 0.0447. The predicted molar refractivity (Wildman–Crippen MR) is 86.9 cm³/mol. The summed E-state index contributed by atoms with van der Waals surface area (Å²) in [5.41, 5.74) is 3.47. The van der Waals surface area contributed by atoms with Crippen LogP contribution in [-0.4, -0.2) is 35.1 Å². The Morgan fingerprint density at radius 2 is 2.00 bits per heavy atom. The van der Waals surface area contributed by atoms with Gasteiger partial charge in [-0.1, -0.05) is 31.5 Å². The molecule has 0 radical (unpaired) electrons. The number of aliphatic carboxylic acids is 1. The molecule has 0 fully saturated rings. The number of carbonyl (C=O) groups excluding carboxylic acids is 1. The Hall–Kier alpha value is -2.04. The second-order valence-corrected chi connectivity index (χ2v) is 5.75. The maximum Gasteiger partial charge on any atom is 0.317 e. The Balaban J connectivity index is 2.67. The van der Waals surface area contributed by atoms with Crippen molar-refractivity contribution >= 4 is 12.0 Å². The van der Waals surface area contributed by atoms with Crippen molar-refractivity contribution in [2.45, 2.75) is 52.6 Å². The van der Waals surface area contributed by atoms with E-state index >= 15 is 0 Å². The van der Waals surface area contributed by atoms with Crippen molar-refractivity contribution < 1.29 is 14.7 Å². The number of hydrogen-bond acceptors (Lipinski definition) is 2. The van der Waals surface area contributed by atoms with E-state index in [1.54, 1.807) is 11.9 Å². The molecule has 22 heavy (non-hydrogen) atoms. The zero-order chi connectivity index (χ0) is 16.7. The van der Waals surface area contributed by atoms with Crippen molar-refractivity contribution in [3.63, 3.8) is 0 Å². The molecule has 5 heteroatoms. The van der Waals surface area contributed by atoms with Crippen molar-refractivity contribution in [1.82, 2.24) is 10.2 Å². The summed E-state index contributed by atoms with van der Waals surface area (Å²) < 4.78 is 0. The van der Waals surface area contributed by atoms with Crippen LogP contribution in [0, 0.1) is 13.8 Å². The van der Waals surface area contributed by atoms with Crippen molar-refractivity contribution in [2.75, 3.05) is 7.05 Å². The molecular weight excluding hydrogens is 280 g/mol. The summed E-state index contributed by atoms with van der Waals surface area (Å²) in [7, 11) is 1.72. The molecule has 0 aliphatic carbocycles. The first-order chi connectivity index (χ1) is 10.3. The van der Waals surface area contributed by atoms with Crippen LogP contribution in [0.3, 0.4) is 0 Å². The van der Waals surface area contributed by atoms with Crippen molar-refractivity contribution in [2.24, 2.45) is 0 Å². The Morgan fingerprint density at radius 1 is 1.32 bits per heavy atom. The molecule has 122 valence electrons. The van der Waals surface area contributed by atoms with Gasteiger partial charge in [-0.15, -0.1) is 0 Å². The van der Waals surface area contributed by atoms with Crippen LogP contribution in [0.5, 0.6) is 0 Å². The van der Waals surface area contributed by atoms with E-state index in [2.05, 4.69) is 5.32 Å². The number of nitrogens with one attached hydrogen (secondary N) is 1. The minimum Gasteiger partial charge on any atom is -0.481 e. The number of nitrogens with zero attached hydrogens (tertiary/aromatic N) is 1. The first-order valence-corrected chi connectivity index (χ1v) is 7.63. The minimum atomic E-state index is -0.893. The summed E-state index contributed by atoms with van der Waals surface area (Å²) in [6.45, 7) is 6.57. The molecule has 1 rings (SSSR count). The van der Waals surface area contributed by atoms with Gasteiger partial charge in [-0.05, 0) is 37.0 Å². The molecule has 0 saturated heterocycles. The van der Waals surface area contributed by atoms with Crippen LogP contribution in [0.4, 0.5) is 4.79 Å². The predicted octanol–water partition coefficient (Wildman–Crippen LogP) is 3.09. The highest BCUT2D eigenvalue weighted by Crippen LogP contribution is 2.14. The number of hydrogen-bond donors (Lipinski definition) is 2. The maximum absolute atomic E-state index is 12.2. The summed E-state index contributed by atoms with van der Waals surface area (Å²) in [5.74, 6) is -0.893.